The summed E-state index contributed by atoms with van der Waals surface area (Å²) in [5.41, 5.74) is 0. The van der Waals surface area contributed by atoms with Gasteiger partial charge in [0.2, 0.25) is 0 Å². The van der Waals surface area contributed by atoms with Crippen LogP contribution in [0.3, 0.4) is 0 Å². The molecule has 0 saturated carbocycles. The Morgan fingerprint density at radius 1 is 0.267 bits per heavy atom. The SMILES string of the molecule is CCCCCCCC(=O)OC[C@H](COP(=O)(O)OC[C@H](O)COP(=O)(O)OC[C@@H](COC(=O)CCCCCCCCCCCCCCCCCCC(C)C)OC(=O)CCCCCCCCCCCCCCCCCCC(C)C)OC(=O)CCCCCCCCCCCCCCCCCC(C)C. The van der Waals surface area contributed by atoms with Crippen LogP contribution in [0.25, 0.3) is 0 Å². The molecule has 0 aliphatic heterocycles. The first-order valence-corrected chi connectivity index (χ1v) is 45.3. The molecule has 0 rings (SSSR count). The van der Waals surface area contributed by atoms with E-state index in [2.05, 4.69) is 48.5 Å². The molecule has 0 aromatic carbocycles. The monoisotopic (exact) mass is 1480 g/mol. The first-order chi connectivity index (χ1) is 48.7. The number of unbranched alkanes of at least 4 members (excludes halogenated alkanes) is 48. The van der Waals surface area contributed by atoms with E-state index >= 15 is 0 Å². The van der Waals surface area contributed by atoms with Crippen molar-refractivity contribution in [1.29, 1.82) is 0 Å². The highest BCUT2D eigenvalue weighted by molar-refractivity contribution is 7.47. The summed E-state index contributed by atoms with van der Waals surface area (Å²) in [5, 5.41) is 10.6. The van der Waals surface area contributed by atoms with Gasteiger partial charge in [-0.05, 0) is 43.4 Å². The number of hydrogen-bond acceptors (Lipinski definition) is 15. The smallest absolute Gasteiger partial charge is 0.462 e. The molecule has 101 heavy (non-hydrogen) atoms. The summed E-state index contributed by atoms with van der Waals surface area (Å²) in [7, 11) is -9.91. The minimum atomic E-state index is -4.96. The maximum Gasteiger partial charge on any atom is 0.472 e. The quantitative estimate of drug-likeness (QED) is 0.0222. The number of ether oxygens (including phenoxy) is 4. The molecule has 0 aromatic rings. The molecule has 5 atom stereocenters. The van der Waals surface area contributed by atoms with Crippen LogP contribution in [0, 0.1) is 17.8 Å². The van der Waals surface area contributed by atoms with E-state index in [1.165, 1.54) is 231 Å². The van der Waals surface area contributed by atoms with Crippen LogP contribution in [0.2, 0.25) is 0 Å². The van der Waals surface area contributed by atoms with Gasteiger partial charge < -0.3 is 33.8 Å². The number of rotatable bonds is 80. The van der Waals surface area contributed by atoms with Crippen molar-refractivity contribution in [1.82, 2.24) is 0 Å². The summed E-state index contributed by atoms with van der Waals surface area (Å²) in [5.74, 6) is 0.304. The summed E-state index contributed by atoms with van der Waals surface area (Å²) in [6.45, 7) is 11.9. The summed E-state index contributed by atoms with van der Waals surface area (Å²) in [4.78, 5) is 72.8. The average Bonchev–Trinajstić information content (AvgIpc) is 0.938. The van der Waals surface area contributed by atoms with Gasteiger partial charge in [0.15, 0.2) is 12.2 Å². The molecule has 0 amide bonds. The van der Waals surface area contributed by atoms with E-state index < -0.39 is 97.5 Å². The number of aliphatic hydroxyl groups is 1. The van der Waals surface area contributed by atoms with Gasteiger partial charge in [0, 0.05) is 25.7 Å². The standard InChI is InChI=1S/C82H160O17P2/c1-8-9-10-46-56-63-79(84)92-69-77(98-81(86)65-58-52-45-39-33-27-21-15-18-24-30-36-42-49-55-62-75(6)7)71-96-100(88,89)94-67-76(83)68-95-101(90,91)97-72-78(99-82(87)66-59-51-44-38-32-26-20-14-12-17-23-29-35-41-48-54-61-74(4)5)70-93-80(85)64-57-50-43-37-31-25-19-13-11-16-22-28-34-40-47-53-60-73(2)3/h73-78,83H,8-72H2,1-7H3,(H,88,89)(H,90,91)/t76-,77+,78+/m0/s1. The van der Waals surface area contributed by atoms with Crippen molar-refractivity contribution in [3.63, 3.8) is 0 Å². The number of esters is 4. The fraction of sp³-hybridized carbons (Fsp3) is 0.951. The molecule has 0 aromatic heterocycles. The van der Waals surface area contributed by atoms with Crippen LogP contribution >= 0.6 is 15.6 Å². The average molecular weight is 1480 g/mol. The van der Waals surface area contributed by atoms with Crippen molar-refractivity contribution in [2.75, 3.05) is 39.6 Å². The largest absolute Gasteiger partial charge is 0.472 e. The first kappa shape index (κ1) is 99.1. The second-order valence-corrected chi connectivity index (χ2v) is 33.8. The Labute approximate surface area is 619 Å². The Morgan fingerprint density at radius 2 is 0.455 bits per heavy atom. The van der Waals surface area contributed by atoms with Crippen LogP contribution in [0.5, 0.6) is 0 Å². The van der Waals surface area contributed by atoms with E-state index in [1.807, 2.05) is 0 Å². The second-order valence-electron chi connectivity index (χ2n) is 30.9. The van der Waals surface area contributed by atoms with Gasteiger partial charge in [-0.1, -0.05) is 376 Å². The second kappa shape index (κ2) is 72.3. The Bertz CT molecular complexity index is 1960. The zero-order valence-electron chi connectivity index (χ0n) is 66.4. The van der Waals surface area contributed by atoms with Crippen molar-refractivity contribution in [2.45, 2.75) is 446 Å². The number of hydrogen-bond donors (Lipinski definition) is 3. The molecule has 0 bridgehead atoms. The van der Waals surface area contributed by atoms with Crippen molar-refractivity contribution in [2.24, 2.45) is 17.8 Å². The maximum absolute atomic E-state index is 13.1. The third-order valence-electron chi connectivity index (χ3n) is 19.1. The van der Waals surface area contributed by atoms with Gasteiger partial charge in [0.1, 0.15) is 19.3 Å². The number of phosphoric acid groups is 2. The molecule has 2 unspecified atom stereocenters. The van der Waals surface area contributed by atoms with Crippen LogP contribution in [0.1, 0.15) is 427 Å². The molecule has 17 nitrogen and oxygen atoms in total. The zero-order chi connectivity index (χ0) is 74.4. The lowest BCUT2D eigenvalue weighted by Crippen LogP contribution is -2.30. The first-order valence-electron chi connectivity index (χ1n) is 42.3. The highest BCUT2D eigenvalue weighted by Crippen LogP contribution is 2.45. The van der Waals surface area contributed by atoms with Crippen LogP contribution in [-0.2, 0) is 65.4 Å². The molecule has 0 saturated heterocycles. The molecular weight excluding hydrogens is 1320 g/mol. The van der Waals surface area contributed by atoms with E-state index in [1.54, 1.807) is 0 Å². The lowest BCUT2D eigenvalue weighted by Gasteiger charge is -2.21. The molecule has 0 aliphatic rings. The molecule has 0 fully saturated rings. The number of carbonyl (C=O) groups is 4. The van der Waals surface area contributed by atoms with Crippen molar-refractivity contribution >= 4 is 39.5 Å². The van der Waals surface area contributed by atoms with E-state index in [4.69, 9.17) is 37.0 Å². The third kappa shape index (κ3) is 76.1. The van der Waals surface area contributed by atoms with Crippen molar-refractivity contribution in [3.8, 4) is 0 Å². The predicted octanol–water partition coefficient (Wildman–Crippen LogP) is 24.5. The molecule has 600 valence electrons. The van der Waals surface area contributed by atoms with Crippen molar-refractivity contribution in [3.05, 3.63) is 0 Å². The molecule has 0 heterocycles. The van der Waals surface area contributed by atoms with Crippen LogP contribution in [-0.4, -0.2) is 96.7 Å². The fourth-order valence-corrected chi connectivity index (χ4v) is 14.2. The minimum Gasteiger partial charge on any atom is -0.462 e. The van der Waals surface area contributed by atoms with Crippen molar-refractivity contribution < 1.29 is 80.2 Å². The van der Waals surface area contributed by atoms with Crippen LogP contribution < -0.4 is 0 Å². The van der Waals surface area contributed by atoms with Gasteiger partial charge in [-0.25, -0.2) is 9.13 Å². The van der Waals surface area contributed by atoms with E-state index in [-0.39, 0.29) is 25.7 Å². The molecule has 0 aliphatic carbocycles. The highest BCUT2D eigenvalue weighted by atomic mass is 31.2. The maximum atomic E-state index is 13.1. The van der Waals surface area contributed by atoms with Gasteiger partial charge in [-0.2, -0.15) is 0 Å². The van der Waals surface area contributed by atoms with E-state index in [9.17, 15) is 43.2 Å². The lowest BCUT2D eigenvalue weighted by atomic mass is 10.0. The van der Waals surface area contributed by atoms with Gasteiger partial charge in [-0.3, -0.25) is 37.3 Å². The highest BCUT2D eigenvalue weighted by Gasteiger charge is 2.30. The normalized spacial score (nSPS) is 14.0. The molecule has 0 spiro atoms. The molecule has 19 heteroatoms. The summed E-state index contributed by atoms with van der Waals surface area (Å²) in [6, 6.07) is 0. The van der Waals surface area contributed by atoms with Gasteiger partial charge in [0.05, 0.1) is 26.4 Å². The molecular formula is C82H160O17P2. The van der Waals surface area contributed by atoms with E-state index in [0.717, 1.165) is 114 Å². The molecule has 3 N–H and O–H groups in total. The Hall–Kier alpha value is -1.94. The zero-order valence-corrected chi connectivity index (χ0v) is 68.2. The lowest BCUT2D eigenvalue weighted by molar-refractivity contribution is -0.161. The fourth-order valence-electron chi connectivity index (χ4n) is 12.7. The van der Waals surface area contributed by atoms with Crippen LogP contribution in [0.15, 0.2) is 0 Å². The minimum absolute atomic E-state index is 0.107. The number of phosphoric ester groups is 2. The van der Waals surface area contributed by atoms with E-state index in [0.29, 0.717) is 25.7 Å². The third-order valence-corrected chi connectivity index (χ3v) is 21.0. The molecule has 0 radical (unpaired) electrons. The Balaban J connectivity index is 5.11. The Kier molecular flexibility index (Phi) is 70.9. The topological polar surface area (TPSA) is 237 Å². The Morgan fingerprint density at radius 3 is 0.673 bits per heavy atom. The van der Waals surface area contributed by atoms with Gasteiger partial charge in [0.25, 0.3) is 0 Å². The predicted molar refractivity (Wildman–Crippen MR) is 414 cm³/mol. The number of carbonyl (C=O) groups excluding carboxylic acids is 4. The van der Waals surface area contributed by atoms with Gasteiger partial charge >= 0.3 is 39.5 Å². The van der Waals surface area contributed by atoms with Crippen LogP contribution in [0.4, 0.5) is 0 Å². The van der Waals surface area contributed by atoms with Gasteiger partial charge in [-0.15, -0.1) is 0 Å². The summed E-state index contributed by atoms with van der Waals surface area (Å²) < 4.78 is 68.5. The number of aliphatic hydroxyl groups excluding tert-OH is 1. The summed E-state index contributed by atoms with van der Waals surface area (Å²) >= 11 is 0. The summed E-state index contributed by atoms with van der Waals surface area (Å²) in [6.07, 6.45) is 61.5.